The third kappa shape index (κ3) is 3.64. The van der Waals surface area contributed by atoms with E-state index in [-0.39, 0.29) is 0 Å². The normalized spacial score (nSPS) is 14.3. The minimum atomic E-state index is 0.362. The second-order valence-corrected chi connectivity index (χ2v) is 5.85. The van der Waals surface area contributed by atoms with Crippen molar-refractivity contribution in [1.29, 1.82) is 0 Å². The van der Waals surface area contributed by atoms with E-state index in [0.717, 1.165) is 41.7 Å². The number of hydrogen-bond donors (Lipinski definition) is 1. The quantitative estimate of drug-likeness (QED) is 0.608. The first-order chi connectivity index (χ1) is 9.50. The minimum Gasteiger partial charge on any atom is -0.389 e. The van der Waals surface area contributed by atoms with Gasteiger partial charge in [-0.25, -0.2) is 0 Å². The topological polar surface area (TPSA) is 64.3 Å². The van der Waals surface area contributed by atoms with Gasteiger partial charge in [0.15, 0.2) is 5.82 Å². The Bertz CT molecular complexity index is 502. The molecule has 20 heavy (non-hydrogen) atoms. The summed E-state index contributed by atoms with van der Waals surface area (Å²) in [5, 5.41) is 8.40. The molecule has 1 saturated carbocycles. The van der Waals surface area contributed by atoms with Gasteiger partial charge in [-0.2, -0.15) is 5.10 Å². The van der Waals surface area contributed by atoms with Gasteiger partial charge in [0.1, 0.15) is 4.99 Å². The van der Waals surface area contributed by atoms with E-state index in [1.165, 1.54) is 12.8 Å². The molecule has 0 spiro atoms. The number of likely N-dealkylation sites (N-methyl/N-ethyl adjacent to an activating group) is 1. The average Bonchev–Trinajstić information content (AvgIpc) is 3.21. The Morgan fingerprint density at radius 2 is 2.10 bits per heavy atom. The highest BCUT2D eigenvalue weighted by molar-refractivity contribution is 7.80. The predicted octanol–water partition coefficient (Wildman–Crippen LogP) is 1.59. The number of rotatable bonds is 7. The van der Waals surface area contributed by atoms with Gasteiger partial charge in [0.2, 0.25) is 0 Å². The number of nitrogens with zero attached hydrogens (tertiary/aromatic N) is 3. The number of nitrogens with two attached hydrogens (primary N) is 1. The number of anilines is 1. The lowest BCUT2D eigenvalue weighted by atomic mass is 10.1. The van der Waals surface area contributed by atoms with Crippen molar-refractivity contribution in [2.24, 2.45) is 11.7 Å². The Kier molecular flexibility index (Phi) is 4.88. The Balaban J connectivity index is 2.02. The van der Waals surface area contributed by atoms with Gasteiger partial charge < -0.3 is 15.4 Å². The van der Waals surface area contributed by atoms with Gasteiger partial charge in [-0.1, -0.05) is 12.2 Å². The Morgan fingerprint density at radius 1 is 1.40 bits per heavy atom. The summed E-state index contributed by atoms with van der Waals surface area (Å²) in [6, 6.07) is 0. The van der Waals surface area contributed by atoms with Crippen LogP contribution in [0.25, 0.3) is 0 Å². The molecule has 1 fully saturated rings. The fraction of sp³-hybridized carbons (Fsp3) is 0.643. The van der Waals surface area contributed by atoms with Crippen molar-refractivity contribution in [2.75, 3.05) is 31.7 Å². The molecule has 0 bridgehead atoms. The largest absolute Gasteiger partial charge is 0.389 e. The van der Waals surface area contributed by atoms with Crippen molar-refractivity contribution >= 4 is 23.0 Å². The average molecular weight is 294 g/mol. The van der Waals surface area contributed by atoms with Crippen LogP contribution in [-0.4, -0.2) is 42.0 Å². The maximum atomic E-state index is 5.83. The third-order valence-corrected chi connectivity index (χ3v) is 3.87. The van der Waals surface area contributed by atoms with Crippen molar-refractivity contribution in [3.05, 3.63) is 16.8 Å². The number of aromatic nitrogens is 2. The zero-order valence-electron chi connectivity index (χ0n) is 12.3. The fourth-order valence-corrected chi connectivity index (χ4v) is 2.24. The molecule has 0 radical (unpaired) electrons. The van der Waals surface area contributed by atoms with Gasteiger partial charge in [0, 0.05) is 20.2 Å². The molecule has 1 aliphatic carbocycles. The van der Waals surface area contributed by atoms with Gasteiger partial charge in [-0.05, 0) is 38.2 Å². The molecule has 0 aromatic carbocycles. The summed E-state index contributed by atoms with van der Waals surface area (Å²) >= 11 is 5.15. The van der Waals surface area contributed by atoms with Crippen LogP contribution < -0.4 is 10.6 Å². The van der Waals surface area contributed by atoms with E-state index in [0.29, 0.717) is 11.6 Å². The fourth-order valence-electron chi connectivity index (χ4n) is 2.00. The van der Waals surface area contributed by atoms with E-state index < -0.39 is 0 Å². The van der Waals surface area contributed by atoms with Crippen LogP contribution >= 0.6 is 12.2 Å². The van der Waals surface area contributed by atoms with Crippen molar-refractivity contribution in [3.63, 3.8) is 0 Å². The molecule has 1 aromatic rings. The summed E-state index contributed by atoms with van der Waals surface area (Å²) in [5.74, 6) is 1.52. The molecular formula is C14H22N4OS. The van der Waals surface area contributed by atoms with Gasteiger partial charge in [0.25, 0.3) is 0 Å². The molecule has 6 heteroatoms. The first kappa shape index (κ1) is 15.1. The molecule has 0 saturated heterocycles. The number of hydrogen-bond acceptors (Lipinski definition) is 5. The van der Waals surface area contributed by atoms with Gasteiger partial charge in [-0.3, -0.25) is 0 Å². The van der Waals surface area contributed by atoms with Crippen LogP contribution in [0.5, 0.6) is 0 Å². The molecule has 1 aromatic heterocycles. The maximum absolute atomic E-state index is 5.83. The van der Waals surface area contributed by atoms with Crippen molar-refractivity contribution in [3.8, 4) is 0 Å². The molecule has 110 valence electrons. The van der Waals surface area contributed by atoms with Crippen LogP contribution in [0.2, 0.25) is 0 Å². The lowest BCUT2D eigenvalue weighted by Gasteiger charge is -2.21. The highest BCUT2D eigenvalue weighted by Gasteiger charge is 2.21. The third-order valence-electron chi connectivity index (χ3n) is 3.67. The molecule has 1 aliphatic rings. The lowest BCUT2D eigenvalue weighted by molar-refractivity contribution is 0.130. The van der Waals surface area contributed by atoms with Crippen molar-refractivity contribution in [2.45, 2.75) is 26.7 Å². The Morgan fingerprint density at radius 3 is 2.70 bits per heavy atom. The zero-order valence-corrected chi connectivity index (χ0v) is 13.2. The lowest BCUT2D eigenvalue weighted by Crippen LogP contribution is -2.28. The van der Waals surface area contributed by atoms with Crippen LogP contribution in [0.1, 0.15) is 29.7 Å². The minimum absolute atomic E-state index is 0.362. The summed E-state index contributed by atoms with van der Waals surface area (Å²) in [7, 11) is 1.96. The second kappa shape index (κ2) is 6.45. The van der Waals surface area contributed by atoms with Crippen LogP contribution in [-0.2, 0) is 4.74 Å². The van der Waals surface area contributed by atoms with Crippen molar-refractivity contribution in [1.82, 2.24) is 10.2 Å². The molecule has 5 nitrogen and oxygen atoms in total. The molecule has 2 rings (SSSR count). The molecule has 2 N–H and O–H groups in total. The van der Waals surface area contributed by atoms with Crippen LogP contribution in [0.3, 0.4) is 0 Å². The number of thiocarbonyl (C=S) groups is 1. The standard InChI is InChI=1S/C14H22N4OS/c1-9-10(2)16-17-14(12(9)13(15)20)18(3)6-7-19-8-11-4-5-11/h11H,4-8H2,1-3H3,(H2,15,20). The zero-order chi connectivity index (χ0) is 14.7. The summed E-state index contributed by atoms with van der Waals surface area (Å²) in [4.78, 5) is 2.36. The SMILES string of the molecule is Cc1nnc(N(C)CCOCC2CC2)c(C(N)=S)c1C. The van der Waals surface area contributed by atoms with Crippen LogP contribution in [0, 0.1) is 19.8 Å². The van der Waals surface area contributed by atoms with Gasteiger partial charge in [-0.15, -0.1) is 5.10 Å². The summed E-state index contributed by atoms with van der Waals surface area (Å²) in [6.07, 6.45) is 2.62. The van der Waals surface area contributed by atoms with E-state index in [1.807, 2.05) is 25.8 Å². The predicted molar refractivity (Wildman–Crippen MR) is 84.2 cm³/mol. The van der Waals surface area contributed by atoms with Crippen LogP contribution in [0.15, 0.2) is 0 Å². The maximum Gasteiger partial charge on any atom is 0.161 e. The molecule has 0 aliphatic heterocycles. The van der Waals surface area contributed by atoms with E-state index in [9.17, 15) is 0 Å². The molecule has 0 atom stereocenters. The Hall–Kier alpha value is -1.27. The monoisotopic (exact) mass is 294 g/mol. The van der Waals surface area contributed by atoms with E-state index in [4.69, 9.17) is 22.7 Å². The highest BCUT2D eigenvalue weighted by atomic mass is 32.1. The molecular weight excluding hydrogens is 272 g/mol. The van der Waals surface area contributed by atoms with Crippen LogP contribution in [0.4, 0.5) is 5.82 Å². The molecule has 1 heterocycles. The first-order valence-corrected chi connectivity index (χ1v) is 7.34. The number of ether oxygens (including phenoxy) is 1. The summed E-state index contributed by atoms with van der Waals surface area (Å²) in [6.45, 7) is 6.18. The summed E-state index contributed by atoms with van der Waals surface area (Å²) < 4.78 is 5.65. The van der Waals surface area contributed by atoms with E-state index >= 15 is 0 Å². The highest BCUT2D eigenvalue weighted by Crippen LogP contribution is 2.28. The van der Waals surface area contributed by atoms with E-state index in [2.05, 4.69) is 10.2 Å². The second-order valence-electron chi connectivity index (χ2n) is 5.41. The number of aryl methyl sites for hydroxylation is 1. The molecule has 0 amide bonds. The smallest absolute Gasteiger partial charge is 0.161 e. The van der Waals surface area contributed by atoms with Gasteiger partial charge >= 0.3 is 0 Å². The Labute approximate surface area is 125 Å². The van der Waals surface area contributed by atoms with Gasteiger partial charge in [0.05, 0.1) is 17.9 Å². The van der Waals surface area contributed by atoms with E-state index in [1.54, 1.807) is 0 Å². The van der Waals surface area contributed by atoms with Crippen molar-refractivity contribution < 1.29 is 4.74 Å². The first-order valence-electron chi connectivity index (χ1n) is 6.93. The summed E-state index contributed by atoms with van der Waals surface area (Å²) in [5.41, 5.74) is 8.50. The molecule has 0 unspecified atom stereocenters.